The van der Waals surface area contributed by atoms with Crippen LogP contribution in [-0.4, -0.2) is 24.8 Å². The molecule has 1 saturated heterocycles. The van der Waals surface area contributed by atoms with Crippen molar-refractivity contribution in [3.63, 3.8) is 0 Å². The summed E-state index contributed by atoms with van der Waals surface area (Å²) in [6, 6.07) is 8.64. The van der Waals surface area contributed by atoms with Crippen molar-refractivity contribution in [1.29, 1.82) is 0 Å². The lowest BCUT2D eigenvalue weighted by Crippen LogP contribution is -2.40. The van der Waals surface area contributed by atoms with Crippen molar-refractivity contribution in [2.75, 3.05) is 19.7 Å². The molecule has 0 saturated carbocycles. The zero-order valence-electron chi connectivity index (χ0n) is 10.00. The predicted octanol–water partition coefficient (Wildman–Crippen LogP) is 1.90. The molecule has 0 unspecified atom stereocenters. The summed E-state index contributed by atoms with van der Waals surface area (Å²) in [6.45, 7) is 4.50. The van der Waals surface area contributed by atoms with E-state index in [2.05, 4.69) is 36.5 Å². The van der Waals surface area contributed by atoms with Crippen LogP contribution < -0.4 is 5.32 Å². The maximum absolute atomic E-state index is 9.64. The van der Waals surface area contributed by atoms with E-state index >= 15 is 0 Å². The number of nitrogens with one attached hydrogen (secondary N) is 1. The van der Waals surface area contributed by atoms with Gasteiger partial charge in [-0.25, -0.2) is 0 Å². The molecule has 1 fully saturated rings. The van der Waals surface area contributed by atoms with E-state index in [4.69, 9.17) is 0 Å². The van der Waals surface area contributed by atoms with Crippen LogP contribution in [0.15, 0.2) is 24.3 Å². The molecule has 0 atom stereocenters. The monoisotopic (exact) mass is 219 g/mol. The van der Waals surface area contributed by atoms with Gasteiger partial charge in [-0.05, 0) is 50.3 Å². The highest BCUT2D eigenvalue weighted by Gasteiger charge is 2.31. The van der Waals surface area contributed by atoms with Crippen LogP contribution in [0.1, 0.15) is 24.0 Å². The molecule has 0 bridgehead atoms. The smallest absolute Gasteiger partial charge is 0.0491 e. The predicted molar refractivity (Wildman–Crippen MR) is 66.5 cm³/mol. The van der Waals surface area contributed by atoms with E-state index in [1.165, 1.54) is 11.1 Å². The lowest BCUT2D eigenvalue weighted by atomic mass is 9.75. The van der Waals surface area contributed by atoms with E-state index in [9.17, 15) is 5.11 Å². The third-order valence-corrected chi connectivity index (χ3v) is 3.66. The van der Waals surface area contributed by atoms with Crippen LogP contribution in [0.2, 0.25) is 0 Å². The van der Waals surface area contributed by atoms with Gasteiger partial charge >= 0.3 is 0 Å². The standard InChI is InChI=1S/C14H21NO/c1-12-3-2-4-13(9-12)10-14(11-16)5-7-15-8-6-14/h2-4,9,15-16H,5-8,10-11H2,1H3. The summed E-state index contributed by atoms with van der Waals surface area (Å²) in [5.74, 6) is 0. The van der Waals surface area contributed by atoms with Crippen molar-refractivity contribution in [2.45, 2.75) is 26.2 Å². The zero-order valence-corrected chi connectivity index (χ0v) is 10.00. The molecule has 2 nitrogen and oxygen atoms in total. The summed E-state index contributed by atoms with van der Waals surface area (Å²) in [6.07, 6.45) is 3.17. The van der Waals surface area contributed by atoms with Gasteiger partial charge < -0.3 is 10.4 Å². The molecule has 2 heteroatoms. The molecule has 0 aromatic heterocycles. The van der Waals surface area contributed by atoms with E-state index in [1.54, 1.807) is 0 Å². The molecule has 1 aliphatic heterocycles. The van der Waals surface area contributed by atoms with Crippen LogP contribution in [0.5, 0.6) is 0 Å². The molecule has 1 aromatic carbocycles. The molecule has 0 amide bonds. The largest absolute Gasteiger partial charge is 0.396 e. The Hall–Kier alpha value is -0.860. The number of rotatable bonds is 3. The number of aryl methyl sites for hydroxylation is 1. The molecule has 2 rings (SSSR count). The maximum Gasteiger partial charge on any atom is 0.0491 e. The molecular formula is C14H21NO. The molecule has 2 N–H and O–H groups in total. The molecular weight excluding hydrogens is 198 g/mol. The SMILES string of the molecule is Cc1cccc(CC2(CO)CCNCC2)c1. The summed E-state index contributed by atoms with van der Waals surface area (Å²) < 4.78 is 0. The van der Waals surface area contributed by atoms with E-state index in [0.717, 1.165) is 32.4 Å². The number of piperidine rings is 1. The summed E-state index contributed by atoms with van der Waals surface area (Å²) in [5.41, 5.74) is 2.77. The quantitative estimate of drug-likeness (QED) is 0.814. The topological polar surface area (TPSA) is 32.3 Å². The van der Waals surface area contributed by atoms with Gasteiger partial charge in [-0.3, -0.25) is 0 Å². The Labute approximate surface area is 97.7 Å². The summed E-state index contributed by atoms with van der Waals surface area (Å²) >= 11 is 0. The normalized spacial score (nSPS) is 19.6. The minimum absolute atomic E-state index is 0.110. The van der Waals surface area contributed by atoms with Gasteiger partial charge in [-0.2, -0.15) is 0 Å². The molecule has 88 valence electrons. The van der Waals surface area contributed by atoms with Gasteiger partial charge in [0.25, 0.3) is 0 Å². The second-order valence-electron chi connectivity index (χ2n) is 5.07. The van der Waals surface area contributed by atoms with Crippen molar-refractivity contribution in [3.05, 3.63) is 35.4 Å². The average molecular weight is 219 g/mol. The molecule has 0 spiro atoms. The fraction of sp³-hybridized carbons (Fsp3) is 0.571. The van der Waals surface area contributed by atoms with Gasteiger partial charge in [0.05, 0.1) is 0 Å². The van der Waals surface area contributed by atoms with Crippen LogP contribution in [0.25, 0.3) is 0 Å². The van der Waals surface area contributed by atoms with Gasteiger partial charge in [0.15, 0.2) is 0 Å². The van der Waals surface area contributed by atoms with Crippen LogP contribution in [0.3, 0.4) is 0 Å². The lowest BCUT2D eigenvalue weighted by Gasteiger charge is -2.36. The first kappa shape index (κ1) is 11.6. The maximum atomic E-state index is 9.64. The highest BCUT2D eigenvalue weighted by Crippen LogP contribution is 2.32. The van der Waals surface area contributed by atoms with Crippen LogP contribution in [0, 0.1) is 12.3 Å². The summed E-state index contributed by atoms with van der Waals surface area (Å²) in [4.78, 5) is 0. The third-order valence-electron chi connectivity index (χ3n) is 3.66. The van der Waals surface area contributed by atoms with Crippen LogP contribution >= 0.6 is 0 Å². The number of benzene rings is 1. The molecule has 0 aliphatic carbocycles. The second-order valence-corrected chi connectivity index (χ2v) is 5.07. The Bertz CT molecular complexity index is 342. The van der Waals surface area contributed by atoms with Gasteiger partial charge in [0.2, 0.25) is 0 Å². The van der Waals surface area contributed by atoms with Crippen molar-refractivity contribution < 1.29 is 5.11 Å². The number of hydrogen-bond acceptors (Lipinski definition) is 2. The fourth-order valence-corrected chi connectivity index (χ4v) is 2.60. The average Bonchev–Trinajstić information content (AvgIpc) is 2.30. The van der Waals surface area contributed by atoms with Gasteiger partial charge in [-0.1, -0.05) is 29.8 Å². The minimum Gasteiger partial charge on any atom is -0.396 e. The van der Waals surface area contributed by atoms with Crippen molar-refractivity contribution in [2.24, 2.45) is 5.41 Å². The van der Waals surface area contributed by atoms with E-state index < -0.39 is 0 Å². The van der Waals surface area contributed by atoms with Gasteiger partial charge in [-0.15, -0.1) is 0 Å². The number of aliphatic hydroxyl groups excluding tert-OH is 1. The summed E-state index contributed by atoms with van der Waals surface area (Å²) in [7, 11) is 0. The Morgan fingerprint density at radius 3 is 2.69 bits per heavy atom. The first-order valence-corrected chi connectivity index (χ1v) is 6.11. The minimum atomic E-state index is 0.110. The van der Waals surface area contributed by atoms with Crippen LogP contribution in [-0.2, 0) is 6.42 Å². The molecule has 1 aromatic rings. The van der Waals surface area contributed by atoms with Crippen molar-refractivity contribution >= 4 is 0 Å². The van der Waals surface area contributed by atoms with Crippen molar-refractivity contribution in [3.8, 4) is 0 Å². The third kappa shape index (κ3) is 2.63. The lowest BCUT2D eigenvalue weighted by molar-refractivity contribution is 0.0893. The van der Waals surface area contributed by atoms with E-state index in [1.807, 2.05) is 0 Å². The highest BCUT2D eigenvalue weighted by molar-refractivity contribution is 5.23. The van der Waals surface area contributed by atoms with E-state index in [-0.39, 0.29) is 5.41 Å². The molecule has 16 heavy (non-hydrogen) atoms. The zero-order chi connectivity index (χ0) is 11.4. The number of aliphatic hydroxyl groups is 1. The van der Waals surface area contributed by atoms with Crippen molar-refractivity contribution in [1.82, 2.24) is 5.32 Å². The number of hydrogen-bond donors (Lipinski definition) is 2. The Morgan fingerprint density at radius 2 is 2.06 bits per heavy atom. The Morgan fingerprint density at radius 1 is 1.31 bits per heavy atom. The highest BCUT2D eigenvalue weighted by atomic mass is 16.3. The Kier molecular flexibility index (Phi) is 3.62. The van der Waals surface area contributed by atoms with Gasteiger partial charge in [0.1, 0.15) is 0 Å². The van der Waals surface area contributed by atoms with E-state index in [0.29, 0.717) is 6.61 Å². The second kappa shape index (κ2) is 4.98. The molecule has 1 heterocycles. The fourth-order valence-electron chi connectivity index (χ4n) is 2.60. The first-order valence-electron chi connectivity index (χ1n) is 6.11. The molecule has 1 aliphatic rings. The van der Waals surface area contributed by atoms with Gasteiger partial charge in [0, 0.05) is 6.61 Å². The molecule has 0 radical (unpaired) electrons. The summed E-state index contributed by atoms with van der Waals surface area (Å²) in [5, 5.41) is 13.0. The Balaban J connectivity index is 2.11. The van der Waals surface area contributed by atoms with Crippen LogP contribution in [0.4, 0.5) is 0 Å². The first-order chi connectivity index (χ1) is 7.74.